The van der Waals surface area contributed by atoms with Crippen LogP contribution in [0.2, 0.25) is 0 Å². The number of rotatable bonds is 4. The molecule has 9 heteroatoms. The van der Waals surface area contributed by atoms with Gasteiger partial charge in [0.2, 0.25) is 6.41 Å². The van der Waals surface area contributed by atoms with Crippen LogP contribution in [0.25, 0.3) is 0 Å². The van der Waals surface area contributed by atoms with Crippen LogP contribution in [0, 0.1) is 5.82 Å². The van der Waals surface area contributed by atoms with Crippen molar-refractivity contribution in [2.24, 2.45) is 10.8 Å². The predicted molar refractivity (Wildman–Crippen MR) is 81.7 cm³/mol. The molecule has 8 nitrogen and oxygen atoms in total. The first-order valence-corrected chi connectivity index (χ1v) is 7.13. The van der Waals surface area contributed by atoms with Crippen molar-refractivity contribution in [1.29, 1.82) is 0 Å². The summed E-state index contributed by atoms with van der Waals surface area (Å²) in [6.45, 7) is 1.32. The zero-order chi connectivity index (χ0) is 16.4. The summed E-state index contributed by atoms with van der Waals surface area (Å²) < 4.78 is 19.4. The third-order valence-corrected chi connectivity index (χ3v) is 3.72. The average molecular weight is 321 g/mol. The molecule has 122 valence electrons. The molecule has 0 bridgehead atoms. The Bertz CT molecular complexity index is 653. The maximum Gasteiger partial charge on any atom is 0.414 e. The van der Waals surface area contributed by atoms with Gasteiger partial charge in [-0.3, -0.25) is 9.69 Å². The highest BCUT2D eigenvalue weighted by atomic mass is 19.1. The van der Waals surface area contributed by atoms with Crippen molar-refractivity contribution in [1.82, 2.24) is 5.01 Å². The summed E-state index contributed by atoms with van der Waals surface area (Å²) in [5.41, 5.74) is 6.22. The van der Waals surface area contributed by atoms with Crippen LogP contribution in [-0.4, -0.2) is 56.1 Å². The van der Waals surface area contributed by atoms with Gasteiger partial charge in [0.1, 0.15) is 18.3 Å². The van der Waals surface area contributed by atoms with Gasteiger partial charge in [-0.2, -0.15) is 5.10 Å². The lowest BCUT2D eigenvalue weighted by molar-refractivity contribution is -0.118. The highest BCUT2D eigenvalue weighted by Gasteiger charge is 2.32. The van der Waals surface area contributed by atoms with Crippen molar-refractivity contribution >= 4 is 30.2 Å². The van der Waals surface area contributed by atoms with Crippen molar-refractivity contribution in [2.45, 2.75) is 6.10 Å². The van der Waals surface area contributed by atoms with E-state index in [4.69, 9.17) is 10.5 Å². The summed E-state index contributed by atoms with van der Waals surface area (Å²) in [7, 11) is 0. The third kappa shape index (κ3) is 2.95. The molecule has 0 unspecified atom stereocenters. The summed E-state index contributed by atoms with van der Waals surface area (Å²) in [6, 6.07) is 4.48. The van der Waals surface area contributed by atoms with Gasteiger partial charge < -0.3 is 15.4 Å². The smallest absolute Gasteiger partial charge is 0.414 e. The number of halogens is 1. The van der Waals surface area contributed by atoms with Crippen molar-refractivity contribution < 1.29 is 18.7 Å². The number of carbonyl (C=O) groups excluding carboxylic acids is 2. The molecule has 2 aliphatic rings. The molecule has 1 fully saturated rings. The SMILES string of the molecule is NC[C@H]1CN(c2ccc(N3C=NN(C=O)CC3)c(F)c2)C(=O)O1. The molecule has 0 aliphatic carbocycles. The summed E-state index contributed by atoms with van der Waals surface area (Å²) >= 11 is 0. The number of hydrazone groups is 1. The van der Waals surface area contributed by atoms with Crippen molar-refractivity contribution in [3.05, 3.63) is 24.0 Å². The molecule has 3 rings (SSSR count). The van der Waals surface area contributed by atoms with E-state index < -0.39 is 11.9 Å². The molecular weight excluding hydrogens is 305 g/mol. The Morgan fingerprint density at radius 3 is 2.83 bits per heavy atom. The maximum atomic E-state index is 14.4. The predicted octanol–water partition coefficient (Wildman–Crippen LogP) is 0.331. The number of benzene rings is 1. The number of amides is 2. The second-order valence-electron chi connectivity index (χ2n) is 5.18. The number of hydrogen-bond donors (Lipinski definition) is 1. The summed E-state index contributed by atoms with van der Waals surface area (Å²) in [4.78, 5) is 25.3. The molecule has 0 spiro atoms. The number of nitrogens with two attached hydrogens (primary N) is 1. The number of hydrogen-bond acceptors (Lipinski definition) is 6. The molecule has 1 atom stereocenters. The monoisotopic (exact) mass is 321 g/mol. The molecule has 2 N–H and O–H groups in total. The Morgan fingerprint density at radius 2 is 2.26 bits per heavy atom. The maximum absolute atomic E-state index is 14.4. The highest BCUT2D eigenvalue weighted by Crippen LogP contribution is 2.27. The molecule has 0 radical (unpaired) electrons. The van der Waals surface area contributed by atoms with E-state index >= 15 is 0 Å². The lowest BCUT2D eigenvalue weighted by atomic mass is 10.2. The highest BCUT2D eigenvalue weighted by molar-refractivity contribution is 5.90. The van der Waals surface area contributed by atoms with Crippen LogP contribution in [0.15, 0.2) is 23.3 Å². The van der Waals surface area contributed by atoms with Crippen molar-refractivity contribution in [3.63, 3.8) is 0 Å². The van der Waals surface area contributed by atoms with E-state index in [0.29, 0.717) is 37.4 Å². The first-order valence-electron chi connectivity index (χ1n) is 7.13. The zero-order valence-corrected chi connectivity index (χ0v) is 12.3. The minimum absolute atomic E-state index is 0.222. The first-order chi connectivity index (χ1) is 11.1. The van der Waals surface area contributed by atoms with E-state index in [0.717, 1.165) is 0 Å². The van der Waals surface area contributed by atoms with Crippen LogP contribution in [0.4, 0.5) is 20.6 Å². The van der Waals surface area contributed by atoms with E-state index in [-0.39, 0.29) is 12.6 Å². The van der Waals surface area contributed by atoms with Gasteiger partial charge in [0.15, 0.2) is 0 Å². The molecule has 23 heavy (non-hydrogen) atoms. The van der Waals surface area contributed by atoms with Crippen LogP contribution < -0.4 is 15.5 Å². The topological polar surface area (TPSA) is 91.5 Å². The fourth-order valence-electron chi connectivity index (χ4n) is 2.47. The third-order valence-electron chi connectivity index (χ3n) is 3.72. The average Bonchev–Trinajstić information content (AvgIpc) is 2.96. The fourth-order valence-corrected chi connectivity index (χ4v) is 2.47. The number of nitrogens with zero attached hydrogens (tertiary/aromatic N) is 4. The van der Waals surface area contributed by atoms with Gasteiger partial charge in [-0.15, -0.1) is 0 Å². The van der Waals surface area contributed by atoms with Gasteiger partial charge in [-0.25, -0.2) is 14.2 Å². The number of carbonyl (C=O) groups is 2. The molecular formula is C14H16FN5O3. The Labute approximate surface area is 131 Å². The second-order valence-corrected chi connectivity index (χ2v) is 5.18. The standard InChI is InChI=1S/C14H16FN5O3/c15-12-5-10(20-7-11(6-16)23-14(20)22)1-2-13(12)18-3-4-19(9-21)17-8-18/h1-2,5,8-9,11H,3-4,6-7,16H2/t11-/m0/s1. The van der Waals surface area contributed by atoms with Crippen molar-refractivity contribution in [2.75, 3.05) is 36.0 Å². The molecule has 0 saturated carbocycles. The Hall–Kier alpha value is -2.68. The molecule has 2 amide bonds. The van der Waals surface area contributed by atoms with Gasteiger partial charge in [-0.05, 0) is 18.2 Å². The Kier molecular flexibility index (Phi) is 4.11. The van der Waals surface area contributed by atoms with Gasteiger partial charge in [0.25, 0.3) is 0 Å². The summed E-state index contributed by atoms with van der Waals surface area (Å²) in [5, 5.41) is 5.11. The molecule has 2 heterocycles. The zero-order valence-electron chi connectivity index (χ0n) is 12.3. The van der Waals surface area contributed by atoms with E-state index in [1.165, 1.54) is 22.3 Å². The lowest BCUT2D eigenvalue weighted by Crippen LogP contribution is -2.37. The molecule has 0 aromatic heterocycles. The summed E-state index contributed by atoms with van der Waals surface area (Å²) in [6.07, 6.45) is 1.09. The Morgan fingerprint density at radius 1 is 1.43 bits per heavy atom. The molecule has 1 aromatic rings. The Balaban J connectivity index is 1.79. The second kappa shape index (κ2) is 6.21. The fraction of sp³-hybridized carbons (Fsp3) is 0.357. The van der Waals surface area contributed by atoms with Crippen LogP contribution in [0.1, 0.15) is 0 Å². The van der Waals surface area contributed by atoms with Crippen LogP contribution in [0.5, 0.6) is 0 Å². The van der Waals surface area contributed by atoms with E-state index in [1.807, 2.05) is 0 Å². The van der Waals surface area contributed by atoms with E-state index in [9.17, 15) is 14.0 Å². The number of anilines is 2. The quantitative estimate of drug-likeness (QED) is 0.807. The minimum atomic E-state index is -0.534. The normalized spacial score (nSPS) is 20.9. The van der Waals surface area contributed by atoms with Crippen LogP contribution in [0.3, 0.4) is 0 Å². The van der Waals surface area contributed by atoms with Gasteiger partial charge in [0.05, 0.1) is 24.5 Å². The largest absolute Gasteiger partial charge is 0.443 e. The first kappa shape index (κ1) is 15.2. The number of cyclic esters (lactones) is 1. The summed E-state index contributed by atoms with van der Waals surface area (Å²) in [5.74, 6) is -0.488. The lowest BCUT2D eigenvalue weighted by Gasteiger charge is -2.27. The number of ether oxygens (including phenoxy) is 1. The van der Waals surface area contributed by atoms with E-state index in [1.54, 1.807) is 17.0 Å². The molecule has 1 saturated heterocycles. The minimum Gasteiger partial charge on any atom is -0.443 e. The van der Waals surface area contributed by atoms with Crippen molar-refractivity contribution in [3.8, 4) is 0 Å². The molecule has 1 aromatic carbocycles. The van der Waals surface area contributed by atoms with Gasteiger partial charge in [0, 0.05) is 13.1 Å². The molecule has 2 aliphatic heterocycles. The van der Waals surface area contributed by atoms with Gasteiger partial charge in [-0.1, -0.05) is 0 Å². The van der Waals surface area contributed by atoms with Crippen LogP contribution >= 0.6 is 0 Å². The van der Waals surface area contributed by atoms with Gasteiger partial charge >= 0.3 is 6.09 Å². The van der Waals surface area contributed by atoms with Crippen LogP contribution in [-0.2, 0) is 9.53 Å². The van der Waals surface area contributed by atoms with E-state index in [2.05, 4.69) is 5.10 Å².